The molecule has 0 aromatic heterocycles. The monoisotopic (exact) mass is 314 g/mol. The smallest absolute Gasteiger partial charge is 0.294 e. The van der Waals surface area contributed by atoms with Gasteiger partial charge < -0.3 is 16.8 Å². The number of nitrogens with one attached hydrogen (secondary N) is 1. The Labute approximate surface area is 125 Å². The predicted molar refractivity (Wildman–Crippen MR) is 77.9 cm³/mol. The first kappa shape index (κ1) is 16.7. The van der Waals surface area contributed by atoms with Crippen molar-refractivity contribution in [3.8, 4) is 0 Å². The van der Waals surface area contributed by atoms with E-state index in [-0.39, 0.29) is 22.7 Å². The van der Waals surface area contributed by atoms with Crippen molar-refractivity contribution in [3.63, 3.8) is 0 Å². The van der Waals surface area contributed by atoms with Gasteiger partial charge in [-0.15, -0.1) is 0 Å². The van der Waals surface area contributed by atoms with Crippen LogP contribution in [0.25, 0.3) is 0 Å². The number of carbonyl (C=O) groups is 2. The number of halogens is 1. The quantitative estimate of drug-likeness (QED) is 0.425. The van der Waals surface area contributed by atoms with Crippen molar-refractivity contribution >= 4 is 34.8 Å². The molecular weight excluding hydrogens is 300 g/mol. The molecule has 0 radical (unpaired) electrons. The molecule has 1 aromatic carbocycles. The van der Waals surface area contributed by atoms with Gasteiger partial charge in [0.2, 0.25) is 5.91 Å². The number of nitro benzene ring substituents is 1. The van der Waals surface area contributed by atoms with Crippen LogP contribution in [0.5, 0.6) is 0 Å². The number of carbonyl (C=O) groups excluding carboxylic acids is 2. The van der Waals surface area contributed by atoms with Gasteiger partial charge in [0, 0.05) is 23.6 Å². The molecule has 9 heteroatoms. The summed E-state index contributed by atoms with van der Waals surface area (Å²) in [5.41, 5.74) is 8.97. The summed E-state index contributed by atoms with van der Waals surface area (Å²) in [5.74, 6) is -1.20. The number of nitrogen functional groups attached to an aromatic ring is 1. The molecular formula is C12H15ClN4O4. The molecule has 0 unspecified atom stereocenters. The zero-order valence-corrected chi connectivity index (χ0v) is 12.2. The lowest BCUT2D eigenvalue weighted by molar-refractivity contribution is -0.383. The van der Waals surface area contributed by atoms with E-state index in [1.807, 2.05) is 0 Å². The van der Waals surface area contributed by atoms with Gasteiger partial charge in [0.1, 0.15) is 5.69 Å². The van der Waals surface area contributed by atoms with E-state index in [1.54, 1.807) is 13.8 Å². The molecule has 0 heterocycles. The van der Waals surface area contributed by atoms with Crippen molar-refractivity contribution in [2.75, 3.05) is 5.73 Å². The molecule has 0 bridgehead atoms. The number of nitro groups is 1. The average Bonchev–Trinajstić information content (AvgIpc) is 2.29. The van der Waals surface area contributed by atoms with Gasteiger partial charge in [-0.1, -0.05) is 11.6 Å². The zero-order chi connectivity index (χ0) is 16.4. The highest BCUT2D eigenvalue weighted by atomic mass is 35.5. The number of benzene rings is 1. The summed E-state index contributed by atoms with van der Waals surface area (Å²) in [6.07, 6.45) is -0.0798. The molecule has 1 rings (SSSR count). The fraction of sp³-hybridized carbons (Fsp3) is 0.333. The summed E-state index contributed by atoms with van der Waals surface area (Å²) in [7, 11) is 0. The van der Waals surface area contributed by atoms with E-state index in [1.165, 1.54) is 6.07 Å². The summed E-state index contributed by atoms with van der Waals surface area (Å²) in [6, 6.07) is 2.25. The summed E-state index contributed by atoms with van der Waals surface area (Å²) in [4.78, 5) is 33.1. The lowest BCUT2D eigenvalue weighted by Crippen LogP contribution is -2.46. The maximum Gasteiger partial charge on any atom is 0.294 e. The van der Waals surface area contributed by atoms with E-state index in [9.17, 15) is 19.7 Å². The highest BCUT2D eigenvalue weighted by Gasteiger charge is 2.25. The van der Waals surface area contributed by atoms with Crippen molar-refractivity contribution in [3.05, 3.63) is 32.8 Å². The predicted octanol–water partition coefficient (Wildman–Crippen LogP) is 1.21. The minimum absolute atomic E-state index is 0.0292. The third-order valence-corrected chi connectivity index (χ3v) is 2.95. The van der Waals surface area contributed by atoms with Crippen LogP contribution in [-0.2, 0) is 4.79 Å². The first-order chi connectivity index (χ1) is 9.53. The number of hydrogen-bond donors (Lipinski definition) is 3. The first-order valence-corrected chi connectivity index (χ1v) is 6.25. The Bertz CT molecular complexity index is 616. The number of anilines is 1. The van der Waals surface area contributed by atoms with E-state index < -0.39 is 28.0 Å². The Morgan fingerprint density at radius 3 is 2.48 bits per heavy atom. The molecule has 0 fully saturated rings. The molecule has 8 nitrogen and oxygen atoms in total. The van der Waals surface area contributed by atoms with Crippen LogP contribution in [0.1, 0.15) is 30.6 Å². The molecule has 21 heavy (non-hydrogen) atoms. The summed E-state index contributed by atoms with van der Waals surface area (Å²) < 4.78 is 0. The van der Waals surface area contributed by atoms with Gasteiger partial charge in [-0.2, -0.15) is 0 Å². The van der Waals surface area contributed by atoms with E-state index in [4.69, 9.17) is 23.1 Å². The van der Waals surface area contributed by atoms with E-state index >= 15 is 0 Å². The molecule has 0 aliphatic heterocycles. The highest BCUT2D eigenvalue weighted by molar-refractivity contribution is 6.34. The van der Waals surface area contributed by atoms with Crippen molar-refractivity contribution in [1.82, 2.24) is 5.32 Å². The van der Waals surface area contributed by atoms with Crippen LogP contribution in [0.2, 0.25) is 5.02 Å². The number of amides is 2. The van der Waals surface area contributed by atoms with Gasteiger partial charge in [-0.05, 0) is 19.9 Å². The molecule has 0 spiro atoms. The lowest BCUT2D eigenvalue weighted by Gasteiger charge is -2.24. The highest BCUT2D eigenvalue weighted by Crippen LogP contribution is 2.31. The summed E-state index contributed by atoms with van der Waals surface area (Å²) in [5, 5.41) is 13.3. The van der Waals surface area contributed by atoms with Crippen LogP contribution in [0.4, 0.5) is 11.4 Å². The largest absolute Gasteiger partial charge is 0.392 e. The standard InChI is InChI=1S/C12H15ClN4O4/c1-12(2,5-9(14)18)16-11(19)6-3-7(13)10(15)8(4-6)17(20)21/h3-4H,5,15H2,1-2H3,(H2,14,18)(H,16,19). The third-order valence-electron chi connectivity index (χ3n) is 2.63. The zero-order valence-electron chi connectivity index (χ0n) is 11.5. The van der Waals surface area contributed by atoms with Gasteiger partial charge in [0.05, 0.1) is 9.95 Å². The van der Waals surface area contributed by atoms with Crippen LogP contribution >= 0.6 is 11.6 Å². The van der Waals surface area contributed by atoms with Gasteiger partial charge in [-0.25, -0.2) is 0 Å². The minimum Gasteiger partial charge on any atom is -0.392 e. The SMILES string of the molecule is CC(C)(CC(N)=O)NC(=O)c1cc(Cl)c(N)c([N+](=O)[O-])c1. The molecule has 0 aliphatic carbocycles. The van der Waals surface area contributed by atoms with Gasteiger partial charge in [0.25, 0.3) is 11.6 Å². The number of rotatable bonds is 5. The van der Waals surface area contributed by atoms with Gasteiger partial charge in [-0.3, -0.25) is 19.7 Å². The Morgan fingerprint density at radius 2 is 2.00 bits per heavy atom. The lowest BCUT2D eigenvalue weighted by atomic mass is 9.99. The maximum atomic E-state index is 12.1. The molecule has 0 atom stereocenters. The molecule has 2 amide bonds. The number of nitrogens with two attached hydrogens (primary N) is 2. The second-order valence-corrected chi connectivity index (χ2v) is 5.54. The number of primary amides is 1. The number of hydrogen-bond acceptors (Lipinski definition) is 5. The Morgan fingerprint density at radius 1 is 1.43 bits per heavy atom. The van der Waals surface area contributed by atoms with Crippen molar-refractivity contribution in [2.24, 2.45) is 5.73 Å². The maximum absolute atomic E-state index is 12.1. The molecule has 0 aliphatic rings. The normalized spacial score (nSPS) is 11.0. The molecule has 0 saturated carbocycles. The van der Waals surface area contributed by atoms with Crippen LogP contribution < -0.4 is 16.8 Å². The fourth-order valence-corrected chi connectivity index (χ4v) is 1.96. The molecule has 1 aromatic rings. The first-order valence-electron chi connectivity index (χ1n) is 5.88. The van der Waals surface area contributed by atoms with E-state index in [0.29, 0.717) is 0 Å². The Balaban J connectivity index is 3.09. The van der Waals surface area contributed by atoms with Crippen molar-refractivity contribution < 1.29 is 14.5 Å². The van der Waals surface area contributed by atoms with E-state index in [2.05, 4.69) is 5.32 Å². The van der Waals surface area contributed by atoms with Crippen LogP contribution in [0, 0.1) is 10.1 Å². The topological polar surface area (TPSA) is 141 Å². The summed E-state index contributed by atoms with van der Waals surface area (Å²) in [6.45, 7) is 3.20. The summed E-state index contributed by atoms with van der Waals surface area (Å²) >= 11 is 5.78. The van der Waals surface area contributed by atoms with Gasteiger partial charge in [0.15, 0.2) is 0 Å². The van der Waals surface area contributed by atoms with Crippen molar-refractivity contribution in [1.29, 1.82) is 0 Å². The molecule has 5 N–H and O–H groups in total. The third kappa shape index (κ3) is 4.32. The second-order valence-electron chi connectivity index (χ2n) is 5.13. The molecule has 0 saturated heterocycles. The average molecular weight is 315 g/mol. The Kier molecular flexibility index (Phi) is 4.74. The fourth-order valence-electron chi connectivity index (χ4n) is 1.74. The van der Waals surface area contributed by atoms with Gasteiger partial charge >= 0.3 is 0 Å². The van der Waals surface area contributed by atoms with Crippen LogP contribution in [0.3, 0.4) is 0 Å². The van der Waals surface area contributed by atoms with Crippen LogP contribution in [-0.4, -0.2) is 22.3 Å². The van der Waals surface area contributed by atoms with E-state index in [0.717, 1.165) is 6.07 Å². The minimum atomic E-state index is -0.897. The van der Waals surface area contributed by atoms with Crippen molar-refractivity contribution in [2.45, 2.75) is 25.8 Å². The van der Waals surface area contributed by atoms with Crippen LogP contribution in [0.15, 0.2) is 12.1 Å². The molecule has 114 valence electrons. The second kappa shape index (κ2) is 5.96. The Hall–Kier alpha value is -2.35. The number of nitrogens with zero attached hydrogens (tertiary/aromatic N) is 1.